The van der Waals surface area contributed by atoms with Gasteiger partial charge in [0.05, 0.1) is 15.5 Å². The lowest BCUT2D eigenvalue weighted by Crippen LogP contribution is -2.24. The molecule has 0 heterocycles. The Balaban J connectivity index is 2.35. The van der Waals surface area contributed by atoms with Crippen molar-refractivity contribution >= 4 is 29.2 Å². The van der Waals surface area contributed by atoms with Gasteiger partial charge in [0.2, 0.25) is 0 Å². The van der Waals surface area contributed by atoms with Gasteiger partial charge in [-0.05, 0) is 25.1 Å². The van der Waals surface area contributed by atoms with Gasteiger partial charge in [-0.2, -0.15) is 13.2 Å². The first-order valence-electron chi connectivity index (χ1n) is 7.67. The second kappa shape index (κ2) is 8.35. The normalized spacial score (nSPS) is 12.2. The fourth-order valence-electron chi connectivity index (χ4n) is 2.10. The minimum atomic E-state index is -4.67. The van der Waals surface area contributed by atoms with E-state index in [-0.39, 0.29) is 11.5 Å². The Morgan fingerprint density at radius 1 is 1.17 bits per heavy atom. The molecule has 0 amide bonds. The number of ether oxygens (including phenoxy) is 2. The van der Waals surface area contributed by atoms with E-state index in [0.717, 1.165) is 37.3 Å². The van der Waals surface area contributed by atoms with Gasteiger partial charge in [0.1, 0.15) is 17.1 Å². The summed E-state index contributed by atoms with van der Waals surface area (Å²) in [6, 6.07) is 5.45. The number of halogens is 4. The summed E-state index contributed by atoms with van der Waals surface area (Å²) in [5, 5.41) is 19.3. The number of nitro benzene ring substituents is 1. The van der Waals surface area contributed by atoms with Gasteiger partial charge in [-0.3, -0.25) is 10.1 Å². The second-order valence-electron chi connectivity index (χ2n) is 5.56. The highest BCUT2D eigenvalue weighted by Crippen LogP contribution is 2.37. The van der Waals surface area contributed by atoms with E-state index in [1.54, 1.807) is 0 Å². The molecule has 2 rings (SSSR count). The van der Waals surface area contributed by atoms with Gasteiger partial charge in [-0.1, -0.05) is 11.6 Å². The molecule has 0 aliphatic heterocycles. The maximum atomic E-state index is 12.7. The molecule has 1 unspecified atom stereocenters. The summed E-state index contributed by atoms with van der Waals surface area (Å²) < 4.78 is 48.2. The number of carboxylic acid groups (broad SMARTS) is 1. The van der Waals surface area contributed by atoms with Crippen LogP contribution in [0.15, 0.2) is 36.4 Å². The lowest BCUT2D eigenvalue weighted by atomic mass is 10.1. The maximum Gasteiger partial charge on any atom is 0.417 e. The number of aliphatic carboxylic acids is 1. The molecule has 8 nitrogen and oxygen atoms in total. The molecule has 0 spiro atoms. The summed E-state index contributed by atoms with van der Waals surface area (Å²) in [6.07, 6.45) is -6.24. The zero-order valence-electron chi connectivity index (χ0n) is 14.4. The highest BCUT2D eigenvalue weighted by atomic mass is 35.5. The van der Waals surface area contributed by atoms with E-state index in [4.69, 9.17) is 21.4 Å². The Kier molecular flexibility index (Phi) is 6.32. The van der Waals surface area contributed by atoms with Crippen molar-refractivity contribution in [2.24, 2.45) is 0 Å². The average molecular weight is 434 g/mol. The molecular weight excluding hydrogens is 423 g/mol. The van der Waals surface area contributed by atoms with E-state index in [2.05, 4.69) is 4.74 Å². The van der Waals surface area contributed by atoms with Gasteiger partial charge < -0.3 is 14.6 Å². The Bertz CT molecular complexity index is 978. The van der Waals surface area contributed by atoms with Crippen LogP contribution in [-0.4, -0.2) is 28.1 Å². The number of nitro groups is 1. The summed E-state index contributed by atoms with van der Waals surface area (Å²) in [5.41, 5.74) is -2.36. The first kappa shape index (κ1) is 22.0. The van der Waals surface area contributed by atoms with Gasteiger partial charge in [0, 0.05) is 18.2 Å². The minimum absolute atomic E-state index is 0.130. The molecule has 1 N–H and O–H groups in total. The fourth-order valence-corrected chi connectivity index (χ4v) is 2.38. The van der Waals surface area contributed by atoms with Crippen molar-refractivity contribution in [2.75, 3.05) is 0 Å². The van der Waals surface area contributed by atoms with E-state index >= 15 is 0 Å². The minimum Gasteiger partial charge on any atom is -0.479 e. The van der Waals surface area contributed by atoms with E-state index < -0.39 is 51.0 Å². The van der Waals surface area contributed by atoms with Crippen LogP contribution in [-0.2, 0) is 15.7 Å². The topological polar surface area (TPSA) is 116 Å². The number of rotatable bonds is 6. The number of hydrogen-bond donors (Lipinski definition) is 1. The lowest BCUT2D eigenvalue weighted by molar-refractivity contribution is -0.385. The third kappa shape index (κ3) is 5.35. The molecule has 29 heavy (non-hydrogen) atoms. The predicted octanol–water partition coefficient (Wildman–Crippen LogP) is 4.69. The van der Waals surface area contributed by atoms with E-state index in [1.165, 1.54) is 0 Å². The fraction of sp³-hybridized carbons (Fsp3) is 0.176. The van der Waals surface area contributed by atoms with Crippen molar-refractivity contribution in [2.45, 2.75) is 19.2 Å². The number of carboxylic acids is 1. The highest BCUT2D eigenvalue weighted by Gasteiger charge is 2.33. The summed E-state index contributed by atoms with van der Waals surface area (Å²) in [6.45, 7) is 1.05. The number of benzene rings is 2. The number of alkyl halides is 3. The lowest BCUT2D eigenvalue weighted by Gasteiger charge is -2.12. The molecule has 12 heteroatoms. The number of carbonyl (C=O) groups excluding carboxylic acids is 1. The third-order valence-corrected chi connectivity index (χ3v) is 3.81. The molecule has 0 fully saturated rings. The number of esters is 1. The Labute approximate surface area is 165 Å². The Hall–Kier alpha value is -3.34. The van der Waals surface area contributed by atoms with Crippen LogP contribution in [0.2, 0.25) is 5.02 Å². The molecule has 0 bridgehead atoms. The molecule has 2 aromatic rings. The number of nitrogens with zero attached hydrogens (tertiary/aromatic N) is 1. The van der Waals surface area contributed by atoms with Crippen LogP contribution in [0, 0.1) is 10.1 Å². The van der Waals surface area contributed by atoms with Crippen molar-refractivity contribution in [3.8, 4) is 11.5 Å². The van der Waals surface area contributed by atoms with Crippen molar-refractivity contribution in [3.63, 3.8) is 0 Å². The standard InChI is InChI=1S/C17H11ClF3NO7/c1-8(15(23)24)28-16(25)11-6-9(3-5-14(11)22(26)27)29-10-2-4-12(13(18)7-10)17(19,20)21/h2-8H,1H3,(H,23,24). The molecule has 0 aliphatic rings. The summed E-state index contributed by atoms with van der Waals surface area (Å²) in [5.74, 6) is -3.04. The quantitative estimate of drug-likeness (QED) is 0.399. The monoisotopic (exact) mass is 433 g/mol. The van der Waals surface area contributed by atoms with Crippen LogP contribution in [0.25, 0.3) is 0 Å². The molecule has 0 aliphatic carbocycles. The van der Waals surface area contributed by atoms with Gasteiger partial charge in [0.25, 0.3) is 5.69 Å². The summed E-state index contributed by atoms with van der Waals surface area (Å²) in [4.78, 5) is 33.1. The maximum absolute atomic E-state index is 12.7. The summed E-state index contributed by atoms with van der Waals surface area (Å²) >= 11 is 5.60. The third-order valence-electron chi connectivity index (χ3n) is 3.50. The Morgan fingerprint density at radius 3 is 2.28 bits per heavy atom. The molecule has 154 valence electrons. The number of carbonyl (C=O) groups is 2. The van der Waals surface area contributed by atoms with Crippen LogP contribution in [0.1, 0.15) is 22.8 Å². The van der Waals surface area contributed by atoms with E-state index in [0.29, 0.717) is 6.07 Å². The summed E-state index contributed by atoms with van der Waals surface area (Å²) in [7, 11) is 0. The molecule has 2 aromatic carbocycles. The molecule has 0 radical (unpaired) electrons. The van der Waals surface area contributed by atoms with Crippen molar-refractivity contribution < 1.29 is 42.3 Å². The molecule has 0 saturated heterocycles. The SMILES string of the molecule is CC(OC(=O)c1cc(Oc2ccc(C(F)(F)F)c(Cl)c2)ccc1[N+](=O)[O-])C(=O)O. The zero-order valence-corrected chi connectivity index (χ0v) is 15.2. The largest absolute Gasteiger partial charge is 0.479 e. The van der Waals surface area contributed by atoms with Gasteiger partial charge >= 0.3 is 18.1 Å². The number of hydrogen-bond acceptors (Lipinski definition) is 6. The smallest absolute Gasteiger partial charge is 0.417 e. The first-order chi connectivity index (χ1) is 13.4. The van der Waals surface area contributed by atoms with Gasteiger partial charge in [-0.25, -0.2) is 9.59 Å². The van der Waals surface area contributed by atoms with Crippen LogP contribution < -0.4 is 4.74 Å². The molecule has 1 atom stereocenters. The van der Waals surface area contributed by atoms with E-state index in [9.17, 15) is 32.9 Å². The average Bonchev–Trinajstić information content (AvgIpc) is 2.60. The van der Waals surface area contributed by atoms with Gasteiger partial charge in [0.15, 0.2) is 6.10 Å². The molecule has 0 saturated carbocycles. The highest BCUT2D eigenvalue weighted by molar-refractivity contribution is 6.31. The van der Waals surface area contributed by atoms with Crippen LogP contribution in [0.4, 0.5) is 18.9 Å². The van der Waals surface area contributed by atoms with E-state index in [1.807, 2.05) is 0 Å². The predicted molar refractivity (Wildman–Crippen MR) is 92.1 cm³/mol. The van der Waals surface area contributed by atoms with Crippen LogP contribution in [0.5, 0.6) is 11.5 Å². The zero-order chi connectivity index (χ0) is 21.9. The molecular formula is C17H11ClF3NO7. The van der Waals surface area contributed by atoms with Crippen molar-refractivity contribution in [1.29, 1.82) is 0 Å². The van der Waals surface area contributed by atoms with Crippen LogP contribution >= 0.6 is 11.6 Å². The van der Waals surface area contributed by atoms with Crippen LogP contribution in [0.3, 0.4) is 0 Å². The first-order valence-corrected chi connectivity index (χ1v) is 8.04. The van der Waals surface area contributed by atoms with Crippen molar-refractivity contribution in [3.05, 3.63) is 62.7 Å². The molecule has 0 aromatic heterocycles. The Morgan fingerprint density at radius 2 is 1.76 bits per heavy atom. The second-order valence-corrected chi connectivity index (χ2v) is 5.97. The van der Waals surface area contributed by atoms with Gasteiger partial charge in [-0.15, -0.1) is 0 Å². The van der Waals surface area contributed by atoms with Crippen molar-refractivity contribution in [1.82, 2.24) is 0 Å².